The Morgan fingerprint density at radius 2 is 1.89 bits per heavy atom. The minimum atomic E-state index is -1.22. The molecular formula is C30H26ClNO4. The standard InChI is InChI=1S/C30H26ClNO4/c1-3-19-13-15-24-28(34)32(23-12-8-11-22(31)18-23)29(35)30(24,21-9-6-5-7-10-21)27(19)20-14-16-25(33)26(17-20)36-4-2/h3,5-14,16-18,24,27,33H,1,4,15H2,2H3. The van der Waals surface area contributed by atoms with Crippen LogP contribution >= 0.6 is 11.6 Å². The molecule has 3 aromatic carbocycles. The number of carbonyl (C=O) groups is 2. The highest BCUT2D eigenvalue weighted by molar-refractivity contribution is 6.32. The molecule has 0 bridgehead atoms. The number of carbonyl (C=O) groups excluding carboxylic acids is 2. The zero-order chi connectivity index (χ0) is 25.4. The van der Waals surface area contributed by atoms with E-state index in [4.69, 9.17) is 16.3 Å². The van der Waals surface area contributed by atoms with Gasteiger partial charge in [0.15, 0.2) is 11.5 Å². The molecule has 1 fully saturated rings. The van der Waals surface area contributed by atoms with Crippen LogP contribution in [0.25, 0.3) is 0 Å². The fourth-order valence-corrected chi connectivity index (χ4v) is 5.92. The summed E-state index contributed by atoms with van der Waals surface area (Å²) >= 11 is 6.24. The van der Waals surface area contributed by atoms with Crippen molar-refractivity contribution in [2.24, 2.45) is 5.92 Å². The molecule has 5 rings (SSSR count). The Morgan fingerprint density at radius 1 is 1.11 bits per heavy atom. The SMILES string of the molecule is C=CC1=CCC2C(=O)N(c3cccc(Cl)c3)C(=O)C2(c2ccccc2)C1c1ccc(O)c(OCC)c1. The Morgan fingerprint density at radius 3 is 2.58 bits per heavy atom. The highest BCUT2D eigenvalue weighted by Crippen LogP contribution is 2.58. The third kappa shape index (κ3) is 3.54. The van der Waals surface area contributed by atoms with Gasteiger partial charge in [-0.1, -0.05) is 72.8 Å². The third-order valence-corrected chi connectivity index (χ3v) is 7.41. The molecular weight excluding hydrogens is 474 g/mol. The summed E-state index contributed by atoms with van der Waals surface area (Å²) in [4.78, 5) is 29.9. The van der Waals surface area contributed by atoms with E-state index in [1.165, 1.54) is 4.90 Å². The number of imide groups is 1. The van der Waals surface area contributed by atoms with Crippen molar-refractivity contribution in [2.45, 2.75) is 24.7 Å². The number of phenolic OH excluding ortho intramolecular Hbond substituents is 1. The Bertz CT molecular complexity index is 1380. The smallest absolute Gasteiger partial charge is 0.246 e. The van der Waals surface area contributed by atoms with Crippen LogP contribution in [0, 0.1) is 5.92 Å². The topological polar surface area (TPSA) is 66.8 Å². The first-order valence-corrected chi connectivity index (χ1v) is 12.3. The van der Waals surface area contributed by atoms with E-state index in [-0.39, 0.29) is 17.6 Å². The lowest BCUT2D eigenvalue weighted by Crippen LogP contribution is -2.48. The van der Waals surface area contributed by atoms with Crippen molar-refractivity contribution < 1.29 is 19.4 Å². The number of ether oxygens (including phenoxy) is 1. The number of fused-ring (bicyclic) bond motifs is 1. The van der Waals surface area contributed by atoms with Crippen LogP contribution < -0.4 is 9.64 Å². The summed E-state index contributed by atoms with van der Waals surface area (Å²) in [5.41, 5.74) is 1.57. The summed E-state index contributed by atoms with van der Waals surface area (Å²) in [6, 6.07) is 21.4. The molecule has 0 aromatic heterocycles. The van der Waals surface area contributed by atoms with E-state index in [2.05, 4.69) is 6.58 Å². The first kappa shape index (κ1) is 23.9. The quantitative estimate of drug-likeness (QED) is 0.412. The van der Waals surface area contributed by atoms with Crippen molar-refractivity contribution in [1.29, 1.82) is 0 Å². The van der Waals surface area contributed by atoms with Gasteiger partial charge in [-0.05, 0) is 60.4 Å². The molecule has 1 saturated heterocycles. The van der Waals surface area contributed by atoms with Gasteiger partial charge in [0.25, 0.3) is 0 Å². The van der Waals surface area contributed by atoms with Crippen molar-refractivity contribution in [3.05, 3.63) is 113 Å². The number of phenols is 1. The highest BCUT2D eigenvalue weighted by Gasteiger charge is 2.65. The fourth-order valence-electron chi connectivity index (χ4n) is 5.73. The molecule has 6 heteroatoms. The Labute approximate surface area is 215 Å². The van der Waals surface area contributed by atoms with Gasteiger partial charge in [-0.25, -0.2) is 4.90 Å². The maximum absolute atomic E-state index is 14.6. The molecule has 1 aliphatic heterocycles. The van der Waals surface area contributed by atoms with Gasteiger partial charge in [0.2, 0.25) is 11.8 Å². The summed E-state index contributed by atoms with van der Waals surface area (Å²) in [6.07, 6.45) is 4.13. The Kier molecular flexibility index (Phi) is 6.19. The molecule has 1 aliphatic carbocycles. The van der Waals surface area contributed by atoms with E-state index >= 15 is 0 Å². The second-order valence-corrected chi connectivity index (χ2v) is 9.42. The predicted octanol–water partition coefficient (Wildman–Crippen LogP) is 6.17. The van der Waals surface area contributed by atoms with Crippen LogP contribution in [-0.4, -0.2) is 23.5 Å². The maximum atomic E-state index is 14.6. The van der Waals surface area contributed by atoms with Crippen LogP contribution in [0.5, 0.6) is 11.5 Å². The van der Waals surface area contributed by atoms with E-state index in [1.807, 2.05) is 43.3 Å². The number of rotatable bonds is 6. The first-order valence-electron chi connectivity index (χ1n) is 11.9. The van der Waals surface area contributed by atoms with Gasteiger partial charge >= 0.3 is 0 Å². The molecule has 3 atom stereocenters. The van der Waals surface area contributed by atoms with Gasteiger partial charge in [0.05, 0.1) is 23.6 Å². The van der Waals surface area contributed by atoms with Crippen LogP contribution in [-0.2, 0) is 15.0 Å². The molecule has 2 aliphatic rings. The molecule has 182 valence electrons. The minimum absolute atomic E-state index is 0.0141. The number of halogens is 1. The molecule has 3 aromatic rings. The summed E-state index contributed by atoms with van der Waals surface area (Å²) in [6.45, 7) is 6.24. The number of amides is 2. The van der Waals surface area contributed by atoms with Gasteiger partial charge in [-0.3, -0.25) is 9.59 Å². The van der Waals surface area contributed by atoms with Gasteiger partial charge < -0.3 is 9.84 Å². The molecule has 3 unspecified atom stereocenters. The zero-order valence-corrected chi connectivity index (χ0v) is 20.6. The third-order valence-electron chi connectivity index (χ3n) is 7.17. The second kappa shape index (κ2) is 9.32. The van der Waals surface area contributed by atoms with Crippen LogP contribution in [0.2, 0.25) is 5.02 Å². The summed E-state index contributed by atoms with van der Waals surface area (Å²) in [7, 11) is 0. The Balaban J connectivity index is 1.80. The monoisotopic (exact) mass is 499 g/mol. The van der Waals surface area contributed by atoms with Gasteiger partial charge in [-0.2, -0.15) is 0 Å². The molecule has 5 nitrogen and oxygen atoms in total. The van der Waals surface area contributed by atoms with E-state index in [0.29, 0.717) is 29.5 Å². The molecule has 0 spiro atoms. The number of nitrogens with zero attached hydrogens (tertiary/aromatic N) is 1. The molecule has 0 saturated carbocycles. The number of aromatic hydroxyl groups is 1. The number of anilines is 1. The molecule has 2 amide bonds. The Hall–Kier alpha value is -3.83. The highest BCUT2D eigenvalue weighted by atomic mass is 35.5. The second-order valence-electron chi connectivity index (χ2n) is 8.98. The normalized spacial score (nSPS) is 23.3. The predicted molar refractivity (Wildman–Crippen MR) is 140 cm³/mol. The summed E-state index contributed by atoms with van der Waals surface area (Å²) in [5.74, 6) is -1.40. The summed E-state index contributed by atoms with van der Waals surface area (Å²) < 4.78 is 5.67. The van der Waals surface area contributed by atoms with E-state index < -0.39 is 17.3 Å². The average molecular weight is 500 g/mol. The van der Waals surface area contributed by atoms with Crippen molar-refractivity contribution in [3.63, 3.8) is 0 Å². The van der Waals surface area contributed by atoms with Crippen LogP contribution in [0.15, 0.2) is 97.1 Å². The number of benzene rings is 3. The molecule has 1 N–H and O–H groups in total. The van der Waals surface area contributed by atoms with Crippen LogP contribution in [0.1, 0.15) is 30.4 Å². The zero-order valence-electron chi connectivity index (χ0n) is 19.9. The first-order chi connectivity index (χ1) is 17.4. The van der Waals surface area contributed by atoms with E-state index in [1.54, 1.807) is 48.5 Å². The lowest BCUT2D eigenvalue weighted by Gasteiger charge is -2.43. The van der Waals surface area contributed by atoms with Gasteiger partial charge in [0.1, 0.15) is 0 Å². The largest absolute Gasteiger partial charge is 0.504 e. The van der Waals surface area contributed by atoms with Crippen LogP contribution in [0.3, 0.4) is 0 Å². The fraction of sp³-hybridized carbons (Fsp3) is 0.200. The summed E-state index contributed by atoms with van der Waals surface area (Å²) in [5, 5.41) is 10.8. The molecule has 36 heavy (non-hydrogen) atoms. The lowest BCUT2D eigenvalue weighted by molar-refractivity contribution is -0.123. The minimum Gasteiger partial charge on any atom is -0.504 e. The number of allylic oxidation sites excluding steroid dienone is 3. The van der Waals surface area contributed by atoms with E-state index in [0.717, 1.165) is 16.7 Å². The number of hydrogen-bond acceptors (Lipinski definition) is 4. The molecule has 1 heterocycles. The number of hydrogen-bond donors (Lipinski definition) is 1. The van der Waals surface area contributed by atoms with Crippen molar-refractivity contribution >= 4 is 29.1 Å². The van der Waals surface area contributed by atoms with Crippen LogP contribution in [0.4, 0.5) is 5.69 Å². The average Bonchev–Trinajstić information content (AvgIpc) is 3.12. The van der Waals surface area contributed by atoms with Crippen molar-refractivity contribution in [1.82, 2.24) is 0 Å². The van der Waals surface area contributed by atoms with Crippen molar-refractivity contribution in [3.8, 4) is 11.5 Å². The van der Waals surface area contributed by atoms with Gasteiger partial charge in [-0.15, -0.1) is 0 Å². The van der Waals surface area contributed by atoms with E-state index in [9.17, 15) is 14.7 Å². The maximum Gasteiger partial charge on any atom is 0.246 e. The van der Waals surface area contributed by atoms with Crippen molar-refractivity contribution in [2.75, 3.05) is 11.5 Å². The van der Waals surface area contributed by atoms with Gasteiger partial charge in [0, 0.05) is 10.9 Å². The molecule has 0 radical (unpaired) electrons. The lowest BCUT2D eigenvalue weighted by atomic mass is 9.56.